The molecule has 9 heteroatoms. The molecule has 0 radical (unpaired) electrons. The van der Waals surface area contributed by atoms with E-state index in [1.165, 1.54) is 0 Å². The van der Waals surface area contributed by atoms with Crippen molar-refractivity contribution in [3.8, 4) is 0 Å². The smallest absolute Gasteiger partial charge is 0.321 e. The number of aromatic amines is 1. The average Bonchev–Trinajstić information content (AvgIpc) is 2.79. The Hall–Kier alpha value is -2.16. The van der Waals surface area contributed by atoms with Crippen LogP contribution in [0.1, 0.15) is 6.92 Å². The van der Waals surface area contributed by atoms with Crippen LogP contribution in [0.15, 0.2) is 17.3 Å². The van der Waals surface area contributed by atoms with Gasteiger partial charge in [-0.05, 0) is 6.92 Å². The van der Waals surface area contributed by atoms with E-state index < -0.39 is 23.6 Å². The Balaban J connectivity index is 1.97. The van der Waals surface area contributed by atoms with E-state index in [4.69, 9.17) is 0 Å². The number of hydrogen-bond acceptors (Lipinski definition) is 4. The molecule has 1 heterocycles. The number of imidazole rings is 1. The van der Waals surface area contributed by atoms with Gasteiger partial charge in [0.05, 0.1) is 16.8 Å². The lowest BCUT2D eigenvalue weighted by molar-refractivity contribution is -0.117. The molecule has 2 aromatic rings. The molecule has 112 valence electrons. The maximum atomic E-state index is 13.0. The highest BCUT2D eigenvalue weighted by atomic mass is 32.2. The molecular formula is C12H12F2N4O2S. The highest BCUT2D eigenvalue weighted by Crippen LogP contribution is 2.21. The number of halogens is 2. The minimum absolute atomic E-state index is 0.0537. The second kappa shape index (κ2) is 6.53. The minimum Gasteiger partial charge on any atom is -0.338 e. The Labute approximate surface area is 122 Å². The fraction of sp³-hybridized carbons (Fsp3) is 0.250. The zero-order valence-electron chi connectivity index (χ0n) is 11.0. The first-order chi connectivity index (χ1) is 9.99. The molecule has 0 saturated heterocycles. The first-order valence-electron chi connectivity index (χ1n) is 6.05. The number of amides is 3. The van der Waals surface area contributed by atoms with E-state index in [1.54, 1.807) is 6.92 Å². The molecule has 6 nitrogen and oxygen atoms in total. The molecule has 0 atom stereocenters. The zero-order chi connectivity index (χ0) is 15.4. The van der Waals surface area contributed by atoms with Gasteiger partial charge >= 0.3 is 6.03 Å². The lowest BCUT2D eigenvalue weighted by atomic mass is 10.3. The fourth-order valence-electron chi connectivity index (χ4n) is 1.55. The molecule has 0 saturated carbocycles. The summed E-state index contributed by atoms with van der Waals surface area (Å²) in [6.45, 7) is 2.14. The third-order valence-electron chi connectivity index (χ3n) is 2.43. The van der Waals surface area contributed by atoms with Crippen molar-refractivity contribution < 1.29 is 18.4 Å². The number of H-pyrrole nitrogens is 1. The van der Waals surface area contributed by atoms with Crippen molar-refractivity contribution in [1.29, 1.82) is 0 Å². The molecule has 1 aromatic carbocycles. The van der Waals surface area contributed by atoms with Gasteiger partial charge in [-0.15, -0.1) is 0 Å². The van der Waals surface area contributed by atoms with Gasteiger partial charge in [-0.25, -0.2) is 18.6 Å². The van der Waals surface area contributed by atoms with Crippen molar-refractivity contribution in [1.82, 2.24) is 20.6 Å². The number of hydrogen-bond donors (Lipinski definition) is 3. The van der Waals surface area contributed by atoms with Gasteiger partial charge in [0.2, 0.25) is 5.91 Å². The van der Waals surface area contributed by atoms with Gasteiger partial charge < -0.3 is 10.3 Å². The quantitative estimate of drug-likeness (QED) is 0.751. The maximum absolute atomic E-state index is 13.0. The van der Waals surface area contributed by atoms with Gasteiger partial charge in [0, 0.05) is 18.7 Å². The van der Waals surface area contributed by atoms with Gasteiger partial charge in [-0.3, -0.25) is 10.1 Å². The number of thioether (sulfide) groups is 1. The molecule has 3 amide bonds. The fourth-order valence-corrected chi connectivity index (χ4v) is 2.24. The Morgan fingerprint density at radius 2 is 2.05 bits per heavy atom. The summed E-state index contributed by atoms with van der Waals surface area (Å²) in [7, 11) is 0. The largest absolute Gasteiger partial charge is 0.338 e. The van der Waals surface area contributed by atoms with E-state index >= 15 is 0 Å². The van der Waals surface area contributed by atoms with E-state index in [-0.39, 0.29) is 11.3 Å². The molecule has 0 unspecified atom stereocenters. The third-order valence-corrected chi connectivity index (χ3v) is 3.31. The van der Waals surface area contributed by atoms with Crippen molar-refractivity contribution >= 4 is 34.7 Å². The Morgan fingerprint density at radius 3 is 2.76 bits per heavy atom. The monoisotopic (exact) mass is 314 g/mol. The van der Waals surface area contributed by atoms with E-state index in [9.17, 15) is 18.4 Å². The van der Waals surface area contributed by atoms with Gasteiger partial charge in [0.25, 0.3) is 0 Å². The summed E-state index contributed by atoms with van der Waals surface area (Å²) in [5, 5.41) is 4.89. The summed E-state index contributed by atoms with van der Waals surface area (Å²) in [4.78, 5) is 29.4. The number of imide groups is 1. The summed E-state index contributed by atoms with van der Waals surface area (Å²) in [6.07, 6.45) is 0. The third kappa shape index (κ3) is 3.91. The van der Waals surface area contributed by atoms with Crippen LogP contribution < -0.4 is 10.6 Å². The standard InChI is InChI=1S/C12H12F2N4O2S/c1-2-15-11(20)18-10(19)5-21-12-16-8-3-6(13)7(14)4-9(8)17-12/h3-4H,2,5H2,1H3,(H,16,17)(H2,15,18,19,20). The van der Waals surface area contributed by atoms with Crippen molar-refractivity contribution in [3.05, 3.63) is 23.8 Å². The first-order valence-corrected chi connectivity index (χ1v) is 7.03. The molecule has 1 aromatic heterocycles. The van der Waals surface area contributed by atoms with Crippen LogP contribution in [-0.4, -0.2) is 34.2 Å². The number of aromatic nitrogens is 2. The summed E-state index contributed by atoms with van der Waals surface area (Å²) < 4.78 is 26.1. The van der Waals surface area contributed by atoms with E-state index in [0.29, 0.717) is 17.2 Å². The summed E-state index contributed by atoms with van der Waals surface area (Å²) in [6, 6.07) is 1.40. The number of urea groups is 1. The molecule has 0 spiro atoms. The van der Waals surface area contributed by atoms with Crippen LogP contribution in [0, 0.1) is 11.6 Å². The summed E-state index contributed by atoms with van der Waals surface area (Å²) in [5.74, 6) is -2.51. The molecule has 0 aliphatic heterocycles. The van der Waals surface area contributed by atoms with E-state index in [1.807, 2.05) is 0 Å². The molecule has 0 bridgehead atoms. The lowest BCUT2D eigenvalue weighted by Gasteiger charge is -2.03. The van der Waals surface area contributed by atoms with Crippen molar-refractivity contribution in [2.24, 2.45) is 0 Å². The second-order valence-electron chi connectivity index (χ2n) is 4.02. The summed E-state index contributed by atoms with van der Waals surface area (Å²) in [5.41, 5.74) is 0.598. The topological polar surface area (TPSA) is 86.9 Å². The molecule has 0 aliphatic rings. The van der Waals surface area contributed by atoms with Crippen LogP contribution in [0.25, 0.3) is 11.0 Å². The van der Waals surface area contributed by atoms with Crippen LogP contribution in [0.3, 0.4) is 0 Å². The number of carbonyl (C=O) groups is 2. The molecule has 3 N–H and O–H groups in total. The van der Waals surface area contributed by atoms with Crippen LogP contribution in [-0.2, 0) is 4.79 Å². The van der Waals surface area contributed by atoms with Crippen LogP contribution in [0.5, 0.6) is 0 Å². The molecule has 2 rings (SSSR count). The van der Waals surface area contributed by atoms with Crippen molar-refractivity contribution in [2.75, 3.05) is 12.3 Å². The van der Waals surface area contributed by atoms with Crippen LogP contribution in [0.2, 0.25) is 0 Å². The Kier molecular flexibility index (Phi) is 4.73. The minimum atomic E-state index is -0.987. The van der Waals surface area contributed by atoms with Crippen LogP contribution >= 0.6 is 11.8 Å². The van der Waals surface area contributed by atoms with Crippen molar-refractivity contribution in [2.45, 2.75) is 12.1 Å². The predicted octanol–water partition coefficient (Wildman–Crippen LogP) is 1.78. The predicted molar refractivity (Wildman–Crippen MR) is 73.9 cm³/mol. The number of rotatable bonds is 4. The average molecular weight is 314 g/mol. The van der Waals surface area contributed by atoms with E-state index in [2.05, 4.69) is 20.6 Å². The maximum Gasteiger partial charge on any atom is 0.321 e. The SMILES string of the molecule is CCNC(=O)NC(=O)CSc1nc2cc(F)c(F)cc2[nH]1. The summed E-state index contributed by atoms with van der Waals surface area (Å²) >= 11 is 1.02. The van der Waals surface area contributed by atoms with Crippen LogP contribution in [0.4, 0.5) is 13.6 Å². The molecule has 0 fully saturated rings. The van der Waals surface area contributed by atoms with Crippen molar-refractivity contribution in [3.63, 3.8) is 0 Å². The van der Waals surface area contributed by atoms with Gasteiger partial charge in [0.1, 0.15) is 0 Å². The molecular weight excluding hydrogens is 302 g/mol. The Bertz CT molecular complexity index is 650. The molecule has 21 heavy (non-hydrogen) atoms. The zero-order valence-corrected chi connectivity index (χ0v) is 11.8. The van der Waals surface area contributed by atoms with Gasteiger partial charge in [0.15, 0.2) is 16.8 Å². The number of nitrogens with zero attached hydrogens (tertiary/aromatic N) is 1. The highest BCUT2D eigenvalue weighted by Gasteiger charge is 2.11. The van der Waals surface area contributed by atoms with E-state index in [0.717, 1.165) is 23.9 Å². The highest BCUT2D eigenvalue weighted by molar-refractivity contribution is 7.99. The number of fused-ring (bicyclic) bond motifs is 1. The Morgan fingerprint density at radius 1 is 1.33 bits per heavy atom. The second-order valence-corrected chi connectivity index (χ2v) is 4.99. The normalized spacial score (nSPS) is 10.6. The molecule has 0 aliphatic carbocycles. The first kappa shape index (κ1) is 15.2. The van der Waals surface area contributed by atoms with Gasteiger partial charge in [-0.2, -0.15) is 0 Å². The number of nitrogens with one attached hydrogen (secondary N) is 3. The lowest BCUT2D eigenvalue weighted by Crippen LogP contribution is -2.40. The van der Waals surface area contributed by atoms with Gasteiger partial charge in [-0.1, -0.05) is 11.8 Å². The number of carbonyl (C=O) groups excluding carboxylic acids is 2. The number of benzene rings is 1.